The van der Waals surface area contributed by atoms with Crippen molar-refractivity contribution in [2.45, 2.75) is 50.0 Å². The predicted molar refractivity (Wildman–Crippen MR) is 67.8 cm³/mol. The number of nitrogens with zero attached hydrogens (tertiary/aromatic N) is 1. The molecule has 1 aromatic heterocycles. The first-order valence-corrected chi connectivity index (χ1v) is 7.37. The molecule has 2 nitrogen and oxygen atoms in total. The van der Waals surface area contributed by atoms with E-state index in [1.807, 2.05) is 0 Å². The van der Waals surface area contributed by atoms with Crippen molar-refractivity contribution < 1.29 is 5.11 Å². The Morgan fingerprint density at radius 1 is 1.38 bits per heavy atom. The van der Waals surface area contributed by atoms with Crippen molar-refractivity contribution in [2.75, 3.05) is 5.75 Å². The van der Waals surface area contributed by atoms with Gasteiger partial charge >= 0.3 is 0 Å². The van der Waals surface area contributed by atoms with E-state index >= 15 is 0 Å². The van der Waals surface area contributed by atoms with Gasteiger partial charge < -0.3 is 9.67 Å². The first-order chi connectivity index (χ1) is 7.84. The van der Waals surface area contributed by atoms with Crippen molar-refractivity contribution in [3.8, 4) is 0 Å². The van der Waals surface area contributed by atoms with Gasteiger partial charge in [0, 0.05) is 29.2 Å². The van der Waals surface area contributed by atoms with Gasteiger partial charge in [-0.15, -0.1) is 0 Å². The smallest absolute Gasteiger partial charge is 0.0807 e. The van der Waals surface area contributed by atoms with Gasteiger partial charge in [-0.1, -0.05) is 0 Å². The maximum absolute atomic E-state index is 9.92. The molecule has 16 heavy (non-hydrogen) atoms. The fourth-order valence-corrected chi connectivity index (χ4v) is 4.18. The fraction of sp³-hybridized carbons (Fsp3) is 0.692. The van der Waals surface area contributed by atoms with Gasteiger partial charge in [-0.2, -0.15) is 11.8 Å². The minimum atomic E-state index is -0.207. The van der Waals surface area contributed by atoms with E-state index in [0.29, 0.717) is 0 Å². The van der Waals surface area contributed by atoms with E-state index in [9.17, 15) is 5.11 Å². The molecule has 2 aliphatic rings. The molecule has 2 unspecified atom stereocenters. The molecule has 3 heteroatoms. The maximum Gasteiger partial charge on any atom is 0.0807 e. The van der Waals surface area contributed by atoms with Gasteiger partial charge in [0.25, 0.3) is 0 Å². The molecule has 1 fully saturated rings. The largest absolute Gasteiger partial charge is 0.388 e. The minimum Gasteiger partial charge on any atom is -0.388 e. The second-order valence-corrected chi connectivity index (χ2v) is 6.32. The summed E-state index contributed by atoms with van der Waals surface area (Å²) in [6.45, 7) is 1.15. The molecule has 0 bridgehead atoms. The topological polar surface area (TPSA) is 25.2 Å². The van der Waals surface area contributed by atoms with E-state index in [2.05, 4.69) is 28.6 Å². The van der Waals surface area contributed by atoms with Crippen LogP contribution in [0.4, 0.5) is 0 Å². The zero-order chi connectivity index (χ0) is 11.0. The summed E-state index contributed by atoms with van der Waals surface area (Å²) in [5, 5.41) is 10.7. The lowest BCUT2D eigenvalue weighted by Crippen LogP contribution is -2.15. The highest BCUT2D eigenvalue weighted by atomic mass is 32.2. The van der Waals surface area contributed by atoms with E-state index in [1.54, 1.807) is 0 Å². The van der Waals surface area contributed by atoms with Crippen LogP contribution in [0.1, 0.15) is 43.0 Å². The molecular weight excluding hydrogens is 218 g/mol. The monoisotopic (exact) mass is 237 g/mol. The molecule has 1 aliphatic carbocycles. The van der Waals surface area contributed by atoms with E-state index in [-0.39, 0.29) is 6.10 Å². The van der Waals surface area contributed by atoms with Crippen molar-refractivity contribution in [2.24, 2.45) is 0 Å². The average molecular weight is 237 g/mol. The number of aromatic nitrogens is 1. The number of thioether (sulfide) groups is 1. The maximum atomic E-state index is 9.92. The first-order valence-electron chi connectivity index (χ1n) is 6.32. The van der Waals surface area contributed by atoms with Crippen LogP contribution in [0.3, 0.4) is 0 Å². The summed E-state index contributed by atoms with van der Waals surface area (Å²) in [6.07, 6.45) is 7.93. The molecule has 0 saturated carbocycles. The lowest BCUT2D eigenvalue weighted by molar-refractivity contribution is 0.155. The van der Waals surface area contributed by atoms with E-state index in [4.69, 9.17) is 0 Å². The van der Waals surface area contributed by atoms with Crippen LogP contribution in [0.25, 0.3) is 0 Å². The number of hydrogen-bond acceptors (Lipinski definition) is 2. The summed E-state index contributed by atoms with van der Waals surface area (Å²) < 4.78 is 2.39. The van der Waals surface area contributed by atoms with Gasteiger partial charge in [-0.05, 0) is 43.9 Å². The van der Waals surface area contributed by atoms with Crippen LogP contribution in [0.2, 0.25) is 0 Å². The van der Waals surface area contributed by atoms with Crippen LogP contribution < -0.4 is 0 Å². The number of fused-ring (bicyclic) bond motifs is 1. The first kappa shape index (κ1) is 10.7. The van der Waals surface area contributed by atoms with Crippen molar-refractivity contribution in [3.63, 3.8) is 0 Å². The molecule has 1 aromatic rings. The zero-order valence-corrected chi connectivity index (χ0v) is 10.4. The third-order valence-electron chi connectivity index (χ3n) is 3.79. The lowest BCUT2D eigenvalue weighted by atomic mass is 9.95. The zero-order valence-electron chi connectivity index (χ0n) is 9.56. The Morgan fingerprint density at radius 2 is 2.31 bits per heavy atom. The summed E-state index contributed by atoms with van der Waals surface area (Å²) in [4.78, 5) is 0. The standard InChI is InChI=1S/C13H19NOS/c15-13-5-1-4-12-11(13)6-7-14(12)9-10-3-2-8-16-10/h6-7,10,13,15H,1-5,8-9H2. The Balaban J connectivity index is 1.79. The Labute approximate surface area is 101 Å². The number of aliphatic hydroxyl groups excluding tert-OH is 1. The van der Waals surface area contributed by atoms with Crippen LogP contribution in [0.5, 0.6) is 0 Å². The highest BCUT2D eigenvalue weighted by Crippen LogP contribution is 2.33. The van der Waals surface area contributed by atoms with Gasteiger partial charge in [-0.3, -0.25) is 0 Å². The average Bonchev–Trinajstić information content (AvgIpc) is 2.90. The number of rotatable bonds is 2. The third kappa shape index (κ3) is 1.91. The SMILES string of the molecule is OC1CCCc2c1ccn2CC1CCCS1. The summed E-state index contributed by atoms with van der Waals surface area (Å²) >= 11 is 2.11. The van der Waals surface area contributed by atoms with Crippen molar-refractivity contribution >= 4 is 11.8 Å². The van der Waals surface area contributed by atoms with Crippen molar-refractivity contribution in [3.05, 3.63) is 23.5 Å². The highest BCUT2D eigenvalue weighted by Gasteiger charge is 2.23. The van der Waals surface area contributed by atoms with E-state index in [0.717, 1.165) is 31.1 Å². The summed E-state index contributed by atoms with van der Waals surface area (Å²) in [5.74, 6) is 1.33. The number of aliphatic hydroxyl groups is 1. The summed E-state index contributed by atoms with van der Waals surface area (Å²) in [5.41, 5.74) is 2.58. The molecule has 0 spiro atoms. The van der Waals surface area contributed by atoms with Crippen LogP contribution in [0.15, 0.2) is 12.3 Å². The lowest BCUT2D eigenvalue weighted by Gasteiger charge is -2.21. The third-order valence-corrected chi connectivity index (χ3v) is 5.17. The van der Waals surface area contributed by atoms with Crippen LogP contribution in [-0.4, -0.2) is 20.7 Å². The molecule has 1 N–H and O–H groups in total. The minimum absolute atomic E-state index is 0.207. The predicted octanol–water partition coefficient (Wildman–Crippen LogP) is 2.75. The van der Waals surface area contributed by atoms with E-state index < -0.39 is 0 Å². The fourth-order valence-electron chi connectivity index (χ4n) is 2.91. The number of hydrogen-bond donors (Lipinski definition) is 1. The molecule has 0 amide bonds. The molecular formula is C13H19NOS. The van der Waals surface area contributed by atoms with Crippen molar-refractivity contribution in [1.82, 2.24) is 4.57 Å². The van der Waals surface area contributed by atoms with Crippen LogP contribution >= 0.6 is 11.8 Å². The Bertz CT molecular complexity index is 368. The summed E-state index contributed by atoms with van der Waals surface area (Å²) in [7, 11) is 0. The molecule has 3 rings (SSSR count). The molecule has 0 radical (unpaired) electrons. The molecule has 88 valence electrons. The highest BCUT2D eigenvalue weighted by molar-refractivity contribution is 8.00. The molecule has 1 saturated heterocycles. The second-order valence-electron chi connectivity index (χ2n) is 4.91. The van der Waals surface area contributed by atoms with Crippen LogP contribution in [0, 0.1) is 0 Å². The quantitative estimate of drug-likeness (QED) is 0.855. The van der Waals surface area contributed by atoms with Gasteiger partial charge in [-0.25, -0.2) is 0 Å². The van der Waals surface area contributed by atoms with Gasteiger partial charge in [0.05, 0.1) is 6.10 Å². The normalized spacial score (nSPS) is 29.3. The van der Waals surface area contributed by atoms with Gasteiger partial charge in [0.2, 0.25) is 0 Å². The van der Waals surface area contributed by atoms with Crippen molar-refractivity contribution in [1.29, 1.82) is 0 Å². The second kappa shape index (κ2) is 4.46. The van der Waals surface area contributed by atoms with Gasteiger partial charge in [0.1, 0.15) is 0 Å². The van der Waals surface area contributed by atoms with E-state index in [1.165, 1.54) is 29.9 Å². The molecule has 2 atom stereocenters. The Kier molecular flexibility index (Phi) is 2.99. The van der Waals surface area contributed by atoms with Crippen LogP contribution in [-0.2, 0) is 13.0 Å². The Hall–Kier alpha value is -0.410. The summed E-state index contributed by atoms with van der Waals surface area (Å²) in [6, 6.07) is 2.12. The Morgan fingerprint density at radius 3 is 3.12 bits per heavy atom. The molecule has 0 aromatic carbocycles. The molecule has 2 heterocycles. The molecule has 1 aliphatic heterocycles. The van der Waals surface area contributed by atoms with Gasteiger partial charge in [0.15, 0.2) is 0 Å².